The van der Waals surface area contributed by atoms with Crippen LogP contribution < -0.4 is 10.2 Å². The number of hydrogen-bond donors (Lipinski definition) is 2. The number of benzene rings is 1. The predicted octanol–water partition coefficient (Wildman–Crippen LogP) is 2.05. The number of aliphatic hydroxyl groups is 1. The van der Waals surface area contributed by atoms with E-state index in [1.165, 1.54) is 0 Å². The zero-order valence-electron chi connectivity index (χ0n) is 14.1. The number of carbonyl (C=O) groups excluding carboxylic acids is 2. The molecule has 0 aromatic heterocycles. The minimum atomic E-state index is -0.583. The molecule has 0 saturated carbocycles. The number of amides is 2. The van der Waals surface area contributed by atoms with Gasteiger partial charge in [0.1, 0.15) is 0 Å². The van der Waals surface area contributed by atoms with Gasteiger partial charge in [-0.1, -0.05) is 39.0 Å². The SMILES string of the molecule is CC1CCN(C(=O)C(=O)NCC(C)(C)CCO)c2ccccc21. The molecule has 5 nitrogen and oxygen atoms in total. The molecule has 23 heavy (non-hydrogen) atoms. The van der Waals surface area contributed by atoms with Crippen LogP contribution in [-0.4, -0.2) is 36.6 Å². The van der Waals surface area contributed by atoms with Crippen LogP contribution in [-0.2, 0) is 9.59 Å². The molecule has 1 heterocycles. The van der Waals surface area contributed by atoms with E-state index in [1.54, 1.807) is 4.90 Å². The first kappa shape index (κ1) is 17.5. The Bertz CT molecular complexity index is 583. The summed E-state index contributed by atoms with van der Waals surface area (Å²) in [5, 5.41) is 11.7. The smallest absolute Gasteiger partial charge is 0.316 e. The summed E-state index contributed by atoms with van der Waals surface area (Å²) in [6.45, 7) is 7.03. The quantitative estimate of drug-likeness (QED) is 0.835. The van der Waals surface area contributed by atoms with Gasteiger partial charge in [0.2, 0.25) is 0 Å². The Morgan fingerprint density at radius 2 is 2.04 bits per heavy atom. The minimum absolute atomic E-state index is 0.0637. The highest BCUT2D eigenvalue weighted by Crippen LogP contribution is 2.34. The zero-order valence-corrected chi connectivity index (χ0v) is 14.1. The largest absolute Gasteiger partial charge is 0.396 e. The lowest BCUT2D eigenvalue weighted by molar-refractivity contribution is -0.138. The van der Waals surface area contributed by atoms with Gasteiger partial charge in [0.15, 0.2) is 0 Å². The summed E-state index contributed by atoms with van der Waals surface area (Å²) in [6, 6.07) is 7.76. The summed E-state index contributed by atoms with van der Waals surface area (Å²) in [6.07, 6.45) is 1.43. The average molecular weight is 318 g/mol. The van der Waals surface area contributed by atoms with Gasteiger partial charge in [-0.3, -0.25) is 9.59 Å². The van der Waals surface area contributed by atoms with E-state index in [-0.39, 0.29) is 12.0 Å². The molecule has 0 fully saturated rings. The molecule has 0 spiro atoms. The van der Waals surface area contributed by atoms with Crippen LogP contribution in [0.25, 0.3) is 0 Å². The van der Waals surface area contributed by atoms with E-state index in [2.05, 4.69) is 12.2 Å². The van der Waals surface area contributed by atoms with Gasteiger partial charge < -0.3 is 15.3 Å². The lowest BCUT2D eigenvalue weighted by atomic mass is 9.89. The van der Waals surface area contributed by atoms with Gasteiger partial charge in [-0.25, -0.2) is 0 Å². The summed E-state index contributed by atoms with van der Waals surface area (Å²) in [7, 11) is 0. The van der Waals surface area contributed by atoms with Gasteiger partial charge >= 0.3 is 11.8 Å². The van der Waals surface area contributed by atoms with Crippen molar-refractivity contribution in [2.45, 2.75) is 39.5 Å². The molecule has 126 valence electrons. The number of anilines is 1. The molecule has 1 unspecified atom stereocenters. The second-order valence-corrected chi connectivity index (χ2v) is 7.03. The fraction of sp³-hybridized carbons (Fsp3) is 0.556. The van der Waals surface area contributed by atoms with Crippen molar-refractivity contribution in [3.05, 3.63) is 29.8 Å². The molecule has 1 aromatic rings. The average Bonchev–Trinajstić information content (AvgIpc) is 2.53. The highest BCUT2D eigenvalue weighted by atomic mass is 16.3. The van der Waals surface area contributed by atoms with Gasteiger partial charge in [-0.15, -0.1) is 0 Å². The number of fused-ring (bicyclic) bond motifs is 1. The monoisotopic (exact) mass is 318 g/mol. The second-order valence-electron chi connectivity index (χ2n) is 7.03. The fourth-order valence-corrected chi connectivity index (χ4v) is 2.87. The van der Waals surface area contributed by atoms with E-state index in [4.69, 9.17) is 5.11 Å². The third-order valence-corrected chi connectivity index (χ3v) is 4.50. The molecule has 1 aliphatic rings. The van der Waals surface area contributed by atoms with Gasteiger partial charge in [0, 0.05) is 25.4 Å². The van der Waals surface area contributed by atoms with Crippen molar-refractivity contribution < 1.29 is 14.7 Å². The first-order chi connectivity index (χ1) is 10.9. The Morgan fingerprint density at radius 1 is 1.35 bits per heavy atom. The van der Waals surface area contributed by atoms with Crippen LogP contribution in [0.4, 0.5) is 5.69 Å². The molecule has 2 amide bonds. The van der Waals surface area contributed by atoms with Gasteiger partial charge in [-0.05, 0) is 35.8 Å². The summed E-state index contributed by atoms with van der Waals surface area (Å²) < 4.78 is 0. The normalized spacial score (nSPS) is 17.6. The van der Waals surface area contributed by atoms with Crippen molar-refractivity contribution in [1.29, 1.82) is 0 Å². The molecular formula is C18H26N2O3. The van der Waals surface area contributed by atoms with E-state index in [0.29, 0.717) is 25.4 Å². The number of hydrogen-bond acceptors (Lipinski definition) is 3. The van der Waals surface area contributed by atoms with Crippen LogP contribution in [0, 0.1) is 5.41 Å². The second kappa shape index (κ2) is 7.13. The van der Waals surface area contributed by atoms with Crippen LogP contribution in [0.15, 0.2) is 24.3 Å². The molecule has 5 heteroatoms. The van der Waals surface area contributed by atoms with E-state index < -0.39 is 11.8 Å². The minimum Gasteiger partial charge on any atom is -0.396 e. The van der Waals surface area contributed by atoms with Gasteiger partial charge in [-0.2, -0.15) is 0 Å². The van der Waals surface area contributed by atoms with Crippen LogP contribution in [0.1, 0.15) is 45.1 Å². The molecule has 0 aliphatic carbocycles. The number of rotatable bonds is 4. The van der Waals surface area contributed by atoms with Crippen LogP contribution >= 0.6 is 0 Å². The Morgan fingerprint density at radius 3 is 2.74 bits per heavy atom. The maximum atomic E-state index is 12.5. The molecule has 1 aliphatic heterocycles. The van der Waals surface area contributed by atoms with Crippen LogP contribution in [0.5, 0.6) is 0 Å². The summed E-state index contributed by atoms with van der Waals surface area (Å²) >= 11 is 0. The third-order valence-electron chi connectivity index (χ3n) is 4.50. The van der Waals surface area contributed by atoms with Crippen molar-refractivity contribution in [2.24, 2.45) is 5.41 Å². The summed E-state index contributed by atoms with van der Waals surface area (Å²) in [4.78, 5) is 26.3. The molecule has 2 rings (SSSR count). The molecule has 0 bridgehead atoms. The van der Waals surface area contributed by atoms with E-state index in [1.807, 2.05) is 38.1 Å². The zero-order chi connectivity index (χ0) is 17.0. The van der Waals surface area contributed by atoms with Crippen LogP contribution in [0.3, 0.4) is 0 Å². The van der Waals surface area contributed by atoms with E-state index >= 15 is 0 Å². The Balaban J connectivity index is 2.06. The number of para-hydroxylation sites is 1. The standard InChI is InChI=1S/C18H26N2O3/c1-13-8-10-20(15-7-5-4-6-14(13)15)17(23)16(22)19-12-18(2,3)9-11-21/h4-7,13,21H,8-12H2,1-3H3,(H,19,22). The number of aliphatic hydroxyl groups excluding tert-OH is 1. The Kier molecular flexibility index (Phi) is 5.42. The molecule has 1 aromatic carbocycles. The van der Waals surface area contributed by atoms with Crippen LogP contribution in [0.2, 0.25) is 0 Å². The van der Waals surface area contributed by atoms with Crippen molar-refractivity contribution in [3.63, 3.8) is 0 Å². The molecule has 0 saturated heterocycles. The molecular weight excluding hydrogens is 292 g/mol. The highest BCUT2D eigenvalue weighted by molar-refractivity contribution is 6.40. The molecule has 2 N–H and O–H groups in total. The van der Waals surface area contributed by atoms with Crippen molar-refractivity contribution >= 4 is 17.5 Å². The Hall–Kier alpha value is -1.88. The van der Waals surface area contributed by atoms with Crippen molar-refractivity contribution in [1.82, 2.24) is 5.32 Å². The lowest BCUT2D eigenvalue weighted by Crippen LogP contribution is -2.47. The maximum absolute atomic E-state index is 12.5. The third kappa shape index (κ3) is 4.10. The summed E-state index contributed by atoms with van der Waals surface area (Å²) in [5.74, 6) is -0.702. The fourth-order valence-electron chi connectivity index (χ4n) is 2.87. The van der Waals surface area contributed by atoms with E-state index in [9.17, 15) is 9.59 Å². The highest BCUT2D eigenvalue weighted by Gasteiger charge is 2.30. The number of carbonyl (C=O) groups is 2. The lowest BCUT2D eigenvalue weighted by Gasteiger charge is -2.32. The maximum Gasteiger partial charge on any atom is 0.316 e. The molecule has 0 radical (unpaired) electrons. The first-order valence-corrected chi connectivity index (χ1v) is 8.15. The first-order valence-electron chi connectivity index (χ1n) is 8.15. The topological polar surface area (TPSA) is 69.6 Å². The number of nitrogens with zero attached hydrogens (tertiary/aromatic N) is 1. The Labute approximate surface area is 137 Å². The van der Waals surface area contributed by atoms with Crippen molar-refractivity contribution in [3.8, 4) is 0 Å². The van der Waals surface area contributed by atoms with Gasteiger partial charge in [0.25, 0.3) is 0 Å². The van der Waals surface area contributed by atoms with Gasteiger partial charge in [0.05, 0.1) is 0 Å². The summed E-state index contributed by atoms with van der Waals surface area (Å²) in [5.41, 5.74) is 1.71. The molecule has 1 atom stereocenters. The number of nitrogens with one attached hydrogen (secondary N) is 1. The van der Waals surface area contributed by atoms with E-state index in [0.717, 1.165) is 17.7 Å². The predicted molar refractivity (Wildman–Crippen MR) is 90.3 cm³/mol. The van der Waals surface area contributed by atoms with Crippen molar-refractivity contribution in [2.75, 3.05) is 24.6 Å².